The van der Waals surface area contributed by atoms with Crippen LogP contribution in [0, 0.1) is 6.92 Å². The van der Waals surface area contributed by atoms with Gasteiger partial charge in [-0.25, -0.2) is 0 Å². The number of pyridine rings is 2. The van der Waals surface area contributed by atoms with Gasteiger partial charge in [0.15, 0.2) is 0 Å². The van der Waals surface area contributed by atoms with Gasteiger partial charge < -0.3 is 9.88 Å². The Hall–Kier alpha value is -3.18. The van der Waals surface area contributed by atoms with Crippen LogP contribution in [0.5, 0.6) is 0 Å². The average molecular weight is 401 g/mol. The highest BCUT2D eigenvalue weighted by atomic mass is 16.1. The second-order valence-electron chi connectivity index (χ2n) is 7.75. The van der Waals surface area contributed by atoms with Gasteiger partial charge >= 0.3 is 0 Å². The zero-order valence-electron chi connectivity index (χ0n) is 16.8. The number of aromatic nitrogens is 3. The van der Waals surface area contributed by atoms with E-state index in [0.717, 1.165) is 48.4 Å². The molecule has 5 nitrogen and oxygen atoms in total. The Morgan fingerprint density at radius 1 is 1.00 bits per heavy atom. The molecule has 5 heteroatoms. The standard InChI is InChI=1S/C24H24N4O.CH4/c1-16-3-4-18(15-26-16)17-9-12-28(24(29)13-17)19-5-6-20-21-7-10-25-11-8-22(21)27(2)23(20)14-19;/h3-6,9,12-15,25H,7-8,10-11H2,1-2H3;1H4. The molecule has 0 amide bonds. The molecule has 0 aliphatic carbocycles. The Labute approximate surface area is 177 Å². The summed E-state index contributed by atoms with van der Waals surface area (Å²) in [5.41, 5.74) is 7.69. The van der Waals surface area contributed by atoms with E-state index in [0.29, 0.717) is 0 Å². The van der Waals surface area contributed by atoms with Crippen molar-refractivity contribution in [1.29, 1.82) is 0 Å². The number of benzene rings is 1. The molecule has 0 bridgehead atoms. The Morgan fingerprint density at radius 2 is 1.83 bits per heavy atom. The molecule has 154 valence electrons. The van der Waals surface area contributed by atoms with Crippen LogP contribution >= 0.6 is 0 Å². The third-order valence-electron chi connectivity index (χ3n) is 5.95. The van der Waals surface area contributed by atoms with Crippen molar-refractivity contribution in [3.63, 3.8) is 0 Å². The first-order chi connectivity index (χ1) is 14.1. The monoisotopic (exact) mass is 400 g/mol. The van der Waals surface area contributed by atoms with E-state index in [-0.39, 0.29) is 13.0 Å². The maximum Gasteiger partial charge on any atom is 0.255 e. The van der Waals surface area contributed by atoms with Gasteiger partial charge in [-0.1, -0.05) is 19.6 Å². The van der Waals surface area contributed by atoms with Crippen LogP contribution < -0.4 is 10.9 Å². The molecule has 5 rings (SSSR count). The SMILES string of the molecule is C.Cc1ccc(-c2ccn(-c3ccc4c5c(n(C)c4c3)CCNCC5)c(=O)c2)cn1. The highest BCUT2D eigenvalue weighted by Crippen LogP contribution is 2.29. The van der Waals surface area contributed by atoms with Crippen molar-refractivity contribution in [3.05, 3.63) is 82.2 Å². The number of hydrogen-bond acceptors (Lipinski definition) is 3. The van der Waals surface area contributed by atoms with Gasteiger partial charge in [0, 0.05) is 60.8 Å². The first kappa shape index (κ1) is 20.1. The van der Waals surface area contributed by atoms with Crippen molar-refractivity contribution < 1.29 is 0 Å². The zero-order chi connectivity index (χ0) is 20.0. The predicted octanol–water partition coefficient (Wildman–Crippen LogP) is 4.02. The van der Waals surface area contributed by atoms with Crippen LogP contribution in [0.4, 0.5) is 0 Å². The molecular weight excluding hydrogens is 372 g/mol. The van der Waals surface area contributed by atoms with E-state index in [4.69, 9.17) is 0 Å². The van der Waals surface area contributed by atoms with E-state index >= 15 is 0 Å². The third-order valence-corrected chi connectivity index (χ3v) is 5.95. The minimum Gasteiger partial charge on any atom is -0.347 e. The molecule has 30 heavy (non-hydrogen) atoms. The summed E-state index contributed by atoms with van der Waals surface area (Å²) in [6.07, 6.45) is 5.75. The van der Waals surface area contributed by atoms with Crippen molar-refractivity contribution in [3.8, 4) is 16.8 Å². The molecule has 0 atom stereocenters. The molecule has 1 aliphatic heterocycles. The summed E-state index contributed by atoms with van der Waals surface area (Å²) < 4.78 is 4.00. The van der Waals surface area contributed by atoms with Gasteiger partial charge in [0.1, 0.15) is 0 Å². The first-order valence-electron chi connectivity index (χ1n) is 10.1. The van der Waals surface area contributed by atoms with E-state index in [2.05, 4.69) is 40.1 Å². The third kappa shape index (κ3) is 3.35. The lowest BCUT2D eigenvalue weighted by atomic mass is 10.1. The van der Waals surface area contributed by atoms with Crippen LogP contribution in [0.3, 0.4) is 0 Å². The summed E-state index contributed by atoms with van der Waals surface area (Å²) >= 11 is 0. The van der Waals surface area contributed by atoms with Crippen molar-refractivity contribution in [1.82, 2.24) is 19.4 Å². The lowest BCUT2D eigenvalue weighted by Crippen LogP contribution is -2.17. The van der Waals surface area contributed by atoms with Gasteiger partial charge in [-0.15, -0.1) is 0 Å². The Morgan fingerprint density at radius 3 is 2.60 bits per heavy atom. The van der Waals surface area contributed by atoms with E-state index in [1.165, 1.54) is 22.2 Å². The first-order valence-corrected chi connectivity index (χ1v) is 10.1. The molecule has 1 N–H and O–H groups in total. The highest BCUT2D eigenvalue weighted by Gasteiger charge is 2.17. The summed E-state index contributed by atoms with van der Waals surface area (Å²) in [7, 11) is 2.13. The average Bonchev–Trinajstić information content (AvgIpc) is 2.89. The van der Waals surface area contributed by atoms with E-state index < -0.39 is 0 Å². The van der Waals surface area contributed by atoms with Crippen molar-refractivity contribution in [2.45, 2.75) is 27.2 Å². The summed E-state index contributed by atoms with van der Waals surface area (Å²) in [6.45, 7) is 3.99. The van der Waals surface area contributed by atoms with Crippen LogP contribution in [0.2, 0.25) is 0 Å². The van der Waals surface area contributed by atoms with Gasteiger partial charge in [0.05, 0.1) is 11.2 Å². The molecule has 4 heterocycles. The molecule has 0 spiro atoms. The normalized spacial score (nSPS) is 13.5. The highest BCUT2D eigenvalue weighted by molar-refractivity contribution is 5.87. The van der Waals surface area contributed by atoms with Crippen LogP contribution in [-0.2, 0) is 19.9 Å². The van der Waals surface area contributed by atoms with Crippen LogP contribution in [0.15, 0.2) is 59.7 Å². The largest absolute Gasteiger partial charge is 0.347 e. The van der Waals surface area contributed by atoms with Crippen molar-refractivity contribution in [2.24, 2.45) is 7.05 Å². The van der Waals surface area contributed by atoms with Gasteiger partial charge in [-0.3, -0.25) is 14.3 Å². The van der Waals surface area contributed by atoms with Gasteiger partial charge in [0.2, 0.25) is 0 Å². The van der Waals surface area contributed by atoms with Crippen molar-refractivity contribution >= 4 is 10.9 Å². The number of nitrogens with zero attached hydrogens (tertiary/aromatic N) is 3. The fraction of sp³-hybridized carbons (Fsp3) is 0.280. The van der Waals surface area contributed by atoms with Gasteiger partial charge in [0.25, 0.3) is 5.56 Å². The van der Waals surface area contributed by atoms with Crippen LogP contribution in [0.1, 0.15) is 24.4 Å². The molecule has 4 aromatic rings. The molecule has 0 unspecified atom stereocenters. The van der Waals surface area contributed by atoms with Gasteiger partial charge in [-0.2, -0.15) is 0 Å². The fourth-order valence-corrected chi connectivity index (χ4v) is 4.36. The molecule has 1 aromatic carbocycles. The molecule has 0 saturated carbocycles. The predicted molar refractivity (Wildman–Crippen MR) is 123 cm³/mol. The van der Waals surface area contributed by atoms with E-state index in [9.17, 15) is 4.79 Å². The molecule has 0 radical (unpaired) electrons. The van der Waals surface area contributed by atoms with Gasteiger partial charge in [-0.05, 0) is 55.3 Å². The lowest BCUT2D eigenvalue weighted by molar-refractivity contribution is 0.699. The molecule has 3 aromatic heterocycles. The molecule has 0 saturated heterocycles. The van der Waals surface area contributed by atoms with E-state index in [1.807, 2.05) is 37.5 Å². The van der Waals surface area contributed by atoms with Crippen LogP contribution in [-0.4, -0.2) is 27.2 Å². The fourth-order valence-electron chi connectivity index (χ4n) is 4.36. The number of fused-ring (bicyclic) bond motifs is 3. The summed E-state index contributed by atoms with van der Waals surface area (Å²) in [6, 6.07) is 14.0. The minimum absolute atomic E-state index is 0. The summed E-state index contributed by atoms with van der Waals surface area (Å²) in [5.74, 6) is 0. The molecular formula is C25H28N4O. The second kappa shape index (κ2) is 7.92. The topological polar surface area (TPSA) is 51.9 Å². The zero-order valence-corrected chi connectivity index (χ0v) is 16.8. The second-order valence-corrected chi connectivity index (χ2v) is 7.75. The Kier molecular flexibility index (Phi) is 5.31. The number of nitrogens with one attached hydrogen (secondary N) is 1. The molecule has 1 aliphatic rings. The smallest absolute Gasteiger partial charge is 0.255 e. The quantitative estimate of drug-likeness (QED) is 0.553. The van der Waals surface area contributed by atoms with Crippen LogP contribution in [0.25, 0.3) is 27.7 Å². The maximum atomic E-state index is 12.9. The lowest BCUT2D eigenvalue weighted by Gasteiger charge is -2.09. The minimum atomic E-state index is -0.0394. The molecule has 0 fully saturated rings. The number of aryl methyl sites for hydroxylation is 2. The Balaban J connectivity index is 0.00000218. The summed E-state index contributed by atoms with van der Waals surface area (Å²) in [5, 5.41) is 4.77. The van der Waals surface area contributed by atoms with Crippen molar-refractivity contribution in [2.75, 3.05) is 13.1 Å². The Bertz CT molecular complexity index is 1270. The maximum absolute atomic E-state index is 12.9. The van der Waals surface area contributed by atoms with E-state index in [1.54, 1.807) is 10.6 Å². The summed E-state index contributed by atoms with van der Waals surface area (Å²) in [4.78, 5) is 17.2. The number of hydrogen-bond donors (Lipinski definition) is 1. The number of rotatable bonds is 2.